The molecule has 0 aliphatic carbocycles. The van der Waals surface area contributed by atoms with Crippen LogP contribution in [0.3, 0.4) is 0 Å². The van der Waals surface area contributed by atoms with Crippen molar-refractivity contribution in [3.63, 3.8) is 0 Å². The molecule has 0 bridgehead atoms. The van der Waals surface area contributed by atoms with E-state index in [-0.39, 0.29) is 5.78 Å². The summed E-state index contributed by atoms with van der Waals surface area (Å²) in [5.41, 5.74) is 1.68. The van der Waals surface area contributed by atoms with E-state index >= 15 is 0 Å². The summed E-state index contributed by atoms with van der Waals surface area (Å²) in [6.45, 7) is 3.53. The van der Waals surface area contributed by atoms with Crippen LogP contribution in [0.4, 0.5) is 0 Å². The molecule has 2 aromatic rings. The van der Waals surface area contributed by atoms with Crippen LogP contribution in [0.2, 0.25) is 0 Å². The van der Waals surface area contributed by atoms with Crippen LogP contribution in [0.15, 0.2) is 24.3 Å². The normalized spacial score (nSPS) is 10.4. The molecule has 2 aromatic carbocycles. The van der Waals surface area contributed by atoms with Gasteiger partial charge in [-0.1, -0.05) is 6.07 Å². The molecule has 0 unspecified atom stereocenters. The van der Waals surface area contributed by atoms with Crippen LogP contribution < -0.4 is 9.47 Å². The molecule has 0 fully saturated rings. The van der Waals surface area contributed by atoms with Crippen molar-refractivity contribution >= 4 is 16.6 Å². The molecule has 3 nitrogen and oxygen atoms in total. The van der Waals surface area contributed by atoms with Gasteiger partial charge in [0.1, 0.15) is 11.5 Å². The van der Waals surface area contributed by atoms with E-state index in [2.05, 4.69) is 0 Å². The number of methoxy groups -OCH3 is 2. The number of carbonyl (C=O) groups excluding carboxylic acids is 1. The van der Waals surface area contributed by atoms with Gasteiger partial charge < -0.3 is 9.47 Å². The van der Waals surface area contributed by atoms with Crippen molar-refractivity contribution in [1.82, 2.24) is 0 Å². The Morgan fingerprint density at radius 3 is 2.33 bits per heavy atom. The fourth-order valence-electron chi connectivity index (χ4n) is 2.16. The van der Waals surface area contributed by atoms with Crippen LogP contribution in [0.1, 0.15) is 22.8 Å². The average molecular weight is 244 g/mol. The van der Waals surface area contributed by atoms with Gasteiger partial charge in [0.05, 0.1) is 14.2 Å². The second kappa shape index (κ2) is 4.69. The Morgan fingerprint density at radius 1 is 1.06 bits per heavy atom. The molecule has 94 valence electrons. The molecule has 0 saturated carbocycles. The first-order valence-corrected chi connectivity index (χ1v) is 5.74. The highest BCUT2D eigenvalue weighted by Crippen LogP contribution is 2.36. The van der Waals surface area contributed by atoms with Crippen molar-refractivity contribution in [2.75, 3.05) is 14.2 Å². The lowest BCUT2D eigenvalue weighted by Crippen LogP contribution is -1.96. The Bertz CT molecular complexity index is 615. The minimum absolute atomic E-state index is 0.0403. The molecule has 0 aliphatic rings. The Labute approximate surface area is 106 Å². The molecule has 0 atom stereocenters. The highest BCUT2D eigenvalue weighted by Gasteiger charge is 2.12. The largest absolute Gasteiger partial charge is 0.496 e. The molecule has 18 heavy (non-hydrogen) atoms. The van der Waals surface area contributed by atoms with Gasteiger partial charge in [-0.15, -0.1) is 0 Å². The molecule has 0 amide bonds. The smallest absolute Gasteiger partial charge is 0.159 e. The third-order valence-corrected chi connectivity index (χ3v) is 3.07. The third kappa shape index (κ3) is 1.92. The predicted octanol–water partition coefficient (Wildman–Crippen LogP) is 3.37. The molecule has 0 N–H and O–H groups in total. The molecule has 3 heteroatoms. The van der Waals surface area contributed by atoms with E-state index < -0.39 is 0 Å². The Balaban J connectivity index is 2.84. The van der Waals surface area contributed by atoms with E-state index in [9.17, 15) is 4.79 Å². The molecule has 0 aliphatic heterocycles. The molecular formula is C15H16O3. The number of ether oxygens (including phenoxy) is 2. The molecular weight excluding hydrogens is 228 g/mol. The van der Waals surface area contributed by atoms with Gasteiger partial charge in [0.25, 0.3) is 0 Å². The van der Waals surface area contributed by atoms with E-state index in [0.717, 1.165) is 27.8 Å². The molecule has 0 heterocycles. The van der Waals surface area contributed by atoms with E-state index in [1.165, 1.54) is 0 Å². The molecule has 2 rings (SSSR count). The first-order valence-electron chi connectivity index (χ1n) is 5.74. The zero-order valence-corrected chi connectivity index (χ0v) is 11.0. The minimum Gasteiger partial charge on any atom is -0.496 e. The summed E-state index contributed by atoms with van der Waals surface area (Å²) < 4.78 is 10.8. The summed E-state index contributed by atoms with van der Waals surface area (Å²) in [7, 11) is 3.27. The van der Waals surface area contributed by atoms with Crippen molar-refractivity contribution in [2.24, 2.45) is 0 Å². The number of ketones is 1. The van der Waals surface area contributed by atoms with Crippen LogP contribution >= 0.6 is 0 Å². The van der Waals surface area contributed by atoms with Gasteiger partial charge in [-0.05, 0) is 37.6 Å². The summed E-state index contributed by atoms with van der Waals surface area (Å²) in [5, 5.41) is 1.85. The highest BCUT2D eigenvalue weighted by atomic mass is 16.5. The fraction of sp³-hybridized carbons (Fsp3) is 0.267. The zero-order chi connectivity index (χ0) is 13.3. The summed E-state index contributed by atoms with van der Waals surface area (Å²) >= 11 is 0. The maximum atomic E-state index is 11.4. The maximum Gasteiger partial charge on any atom is 0.159 e. The van der Waals surface area contributed by atoms with Crippen molar-refractivity contribution in [1.29, 1.82) is 0 Å². The van der Waals surface area contributed by atoms with Gasteiger partial charge in [-0.2, -0.15) is 0 Å². The quantitative estimate of drug-likeness (QED) is 0.776. The van der Waals surface area contributed by atoms with Gasteiger partial charge in [-0.3, -0.25) is 4.79 Å². The van der Waals surface area contributed by atoms with Crippen LogP contribution in [0, 0.1) is 6.92 Å². The third-order valence-electron chi connectivity index (χ3n) is 3.07. The van der Waals surface area contributed by atoms with Crippen molar-refractivity contribution in [3.8, 4) is 11.5 Å². The van der Waals surface area contributed by atoms with E-state index in [1.807, 2.05) is 31.2 Å². The Hall–Kier alpha value is -2.03. The SMILES string of the molecule is COc1cc(C)c(OC)c2ccc(C(C)=O)cc12. The van der Waals surface area contributed by atoms with Crippen molar-refractivity contribution in [3.05, 3.63) is 35.4 Å². The van der Waals surface area contributed by atoms with Gasteiger partial charge in [0.2, 0.25) is 0 Å². The van der Waals surface area contributed by atoms with E-state index in [1.54, 1.807) is 21.1 Å². The number of carbonyl (C=O) groups is 1. The number of aryl methyl sites for hydroxylation is 1. The van der Waals surface area contributed by atoms with E-state index in [0.29, 0.717) is 5.56 Å². The number of benzene rings is 2. The topological polar surface area (TPSA) is 35.5 Å². The zero-order valence-electron chi connectivity index (χ0n) is 11.0. The van der Waals surface area contributed by atoms with Gasteiger partial charge in [0, 0.05) is 16.3 Å². The maximum absolute atomic E-state index is 11.4. The summed E-state index contributed by atoms with van der Waals surface area (Å²) in [6.07, 6.45) is 0. The van der Waals surface area contributed by atoms with Crippen LogP contribution in [0.25, 0.3) is 10.8 Å². The lowest BCUT2D eigenvalue weighted by Gasteiger charge is -2.13. The minimum atomic E-state index is 0.0403. The average Bonchev–Trinajstić information content (AvgIpc) is 2.37. The lowest BCUT2D eigenvalue weighted by molar-refractivity contribution is 0.101. The van der Waals surface area contributed by atoms with Crippen LogP contribution in [-0.4, -0.2) is 20.0 Å². The second-order valence-electron chi connectivity index (χ2n) is 4.25. The molecule has 0 spiro atoms. The Kier molecular flexibility index (Phi) is 3.24. The molecule has 0 saturated heterocycles. The Morgan fingerprint density at radius 2 is 1.78 bits per heavy atom. The van der Waals surface area contributed by atoms with Crippen LogP contribution in [0.5, 0.6) is 11.5 Å². The van der Waals surface area contributed by atoms with Crippen molar-refractivity contribution < 1.29 is 14.3 Å². The lowest BCUT2D eigenvalue weighted by atomic mass is 10.0. The van der Waals surface area contributed by atoms with Gasteiger partial charge >= 0.3 is 0 Å². The van der Waals surface area contributed by atoms with E-state index in [4.69, 9.17) is 9.47 Å². The van der Waals surface area contributed by atoms with Crippen LogP contribution in [-0.2, 0) is 0 Å². The van der Waals surface area contributed by atoms with Gasteiger partial charge in [0.15, 0.2) is 5.78 Å². The van der Waals surface area contributed by atoms with Gasteiger partial charge in [-0.25, -0.2) is 0 Å². The predicted molar refractivity (Wildman–Crippen MR) is 71.8 cm³/mol. The first-order chi connectivity index (χ1) is 8.58. The fourth-order valence-corrected chi connectivity index (χ4v) is 2.16. The first kappa shape index (κ1) is 12.4. The summed E-state index contributed by atoms with van der Waals surface area (Å²) in [4.78, 5) is 11.4. The highest BCUT2D eigenvalue weighted by molar-refractivity contribution is 6.02. The second-order valence-corrected chi connectivity index (χ2v) is 4.25. The molecule has 0 radical (unpaired) electrons. The number of rotatable bonds is 3. The monoisotopic (exact) mass is 244 g/mol. The standard InChI is InChI=1S/C15H16O3/c1-9-7-14(17-3)13-8-11(10(2)16)5-6-12(13)15(9)18-4/h5-8H,1-4H3. The number of hydrogen-bond acceptors (Lipinski definition) is 3. The number of hydrogen-bond donors (Lipinski definition) is 0. The van der Waals surface area contributed by atoms with Crippen molar-refractivity contribution in [2.45, 2.75) is 13.8 Å². The number of Topliss-reactive ketones (excluding diaryl/α,β-unsaturated/α-hetero) is 1. The molecule has 0 aromatic heterocycles. The summed E-state index contributed by atoms with van der Waals surface area (Å²) in [5.74, 6) is 1.62. The summed E-state index contributed by atoms with van der Waals surface area (Å²) in [6, 6.07) is 7.48. The number of fused-ring (bicyclic) bond motifs is 1.